The monoisotopic (exact) mass is 530 g/mol. The van der Waals surface area contributed by atoms with Crippen LogP contribution in [0.15, 0.2) is 103 Å². The number of hydrogen-bond donors (Lipinski definition) is 0. The van der Waals surface area contributed by atoms with Gasteiger partial charge in [0.2, 0.25) is 11.9 Å². The fourth-order valence-electron chi connectivity index (χ4n) is 6.80. The first-order chi connectivity index (χ1) is 20.4. The Labute approximate surface area is 236 Å². The van der Waals surface area contributed by atoms with E-state index in [0.717, 1.165) is 65.0 Å². The van der Waals surface area contributed by atoms with Crippen LogP contribution in [-0.4, -0.2) is 28.9 Å². The molecule has 0 saturated heterocycles. The summed E-state index contributed by atoms with van der Waals surface area (Å²) >= 11 is 0. The van der Waals surface area contributed by atoms with Gasteiger partial charge in [0.15, 0.2) is 0 Å². The van der Waals surface area contributed by atoms with Crippen molar-refractivity contribution in [3.63, 3.8) is 0 Å². The molecule has 41 heavy (non-hydrogen) atoms. The molecule has 0 aliphatic heterocycles. The van der Waals surface area contributed by atoms with Gasteiger partial charge in [-0.15, -0.1) is 10.2 Å². The predicted molar refractivity (Wildman–Crippen MR) is 166 cm³/mol. The van der Waals surface area contributed by atoms with Gasteiger partial charge in [-0.05, 0) is 78.4 Å². The zero-order valence-electron chi connectivity index (χ0n) is 22.4. The molecule has 0 unspecified atom stereocenters. The van der Waals surface area contributed by atoms with Gasteiger partial charge >= 0.3 is 0 Å². The van der Waals surface area contributed by atoms with Crippen molar-refractivity contribution in [2.24, 2.45) is 0 Å². The molecule has 0 atom stereocenters. The Morgan fingerprint density at radius 2 is 1.44 bits per heavy atom. The van der Waals surface area contributed by atoms with E-state index < -0.39 is 0 Å². The first kappa shape index (κ1) is 22.6. The Kier molecular flexibility index (Phi) is 4.75. The van der Waals surface area contributed by atoms with Gasteiger partial charge in [-0.3, -0.25) is 18.7 Å². The summed E-state index contributed by atoms with van der Waals surface area (Å²) < 4.78 is 6.81. The van der Waals surface area contributed by atoms with Crippen molar-refractivity contribution in [2.75, 3.05) is 0 Å². The summed E-state index contributed by atoms with van der Waals surface area (Å²) in [5.41, 5.74) is 7.97. The molecule has 7 aromatic rings. The lowest BCUT2D eigenvalue weighted by Crippen LogP contribution is -2.13. The van der Waals surface area contributed by atoms with Gasteiger partial charge in [0, 0.05) is 22.7 Å². The highest BCUT2D eigenvalue weighted by Gasteiger charge is 2.27. The second kappa shape index (κ2) is 8.63. The highest BCUT2D eigenvalue weighted by Crippen LogP contribution is 2.39. The number of aryl methyl sites for hydroxylation is 1. The van der Waals surface area contributed by atoms with Crippen molar-refractivity contribution in [1.82, 2.24) is 28.9 Å². The van der Waals surface area contributed by atoms with E-state index in [1.807, 2.05) is 12.3 Å². The molecule has 4 heterocycles. The van der Waals surface area contributed by atoms with E-state index in [2.05, 4.69) is 111 Å². The maximum absolute atomic E-state index is 4.96. The standard InChI is InChI=1S/C35H26N6/c1-2-12-24(13-3-1)39-34(40-28-17-8-6-15-26(28)27-16-7-9-18-29(27)40)37-38-35(39)41-30-21-20-23-11-4-5-14-25(23)32(30)33-31(41)19-10-22-36-33/h1-2,4-6,8-12,14-15,17-22H,3,7,13,16H2. The van der Waals surface area contributed by atoms with Crippen molar-refractivity contribution in [2.45, 2.75) is 25.7 Å². The van der Waals surface area contributed by atoms with Crippen LogP contribution in [0, 0.1) is 0 Å². The zero-order chi connectivity index (χ0) is 26.9. The Hall–Kier alpha value is -5.23. The molecule has 9 rings (SSSR count). The summed E-state index contributed by atoms with van der Waals surface area (Å²) in [6.07, 6.45) is 16.9. The van der Waals surface area contributed by atoms with Crippen LogP contribution >= 0.6 is 0 Å². The first-order valence-electron chi connectivity index (χ1n) is 14.3. The molecule has 6 heteroatoms. The third kappa shape index (κ3) is 3.16. The molecule has 6 nitrogen and oxygen atoms in total. The van der Waals surface area contributed by atoms with Crippen molar-refractivity contribution in [3.8, 4) is 11.9 Å². The Morgan fingerprint density at radius 1 is 0.634 bits per heavy atom. The van der Waals surface area contributed by atoms with Crippen LogP contribution in [0.5, 0.6) is 0 Å². The summed E-state index contributed by atoms with van der Waals surface area (Å²) in [5.74, 6) is 1.58. The third-order valence-corrected chi connectivity index (χ3v) is 8.58. The maximum Gasteiger partial charge on any atom is 0.242 e. The second-order valence-electron chi connectivity index (χ2n) is 10.8. The Balaban J connectivity index is 1.42. The van der Waals surface area contributed by atoms with E-state index in [1.165, 1.54) is 33.1 Å². The van der Waals surface area contributed by atoms with Gasteiger partial charge in [-0.25, -0.2) is 0 Å². The molecule has 0 N–H and O–H groups in total. The van der Waals surface area contributed by atoms with E-state index in [4.69, 9.17) is 15.2 Å². The lowest BCUT2D eigenvalue weighted by atomic mass is 10.0. The number of hydrogen-bond acceptors (Lipinski definition) is 3. The lowest BCUT2D eigenvalue weighted by Gasteiger charge is -2.18. The van der Waals surface area contributed by atoms with Gasteiger partial charge in [0.05, 0.1) is 27.8 Å². The minimum atomic E-state index is 0.774. The van der Waals surface area contributed by atoms with Gasteiger partial charge < -0.3 is 0 Å². The molecule has 4 aromatic heterocycles. The summed E-state index contributed by atoms with van der Waals surface area (Å²) in [5, 5.41) is 14.7. The number of benzene rings is 3. The van der Waals surface area contributed by atoms with Gasteiger partial charge in [0.25, 0.3) is 0 Å². The molecule has 0 spiro atoms. The number of aromatic nitrogens is 6. The fraction of sp³-hybridized carbons (Fsp3) is 0.114. The van der Waals surface area contributed by atoms with Crippen molar-refractivity contribution >= 4 is 55.4 Å². The summed E-state index contributed by atoms with van der Waals surface area (Å²) in [4.78, 5) is 4.88. The molecule has 0 radical (unpaired) electrons. The van der Waals surface area contributed by atoms with E-state index >= 15 is 0 Å². The summed E-state index contributed by atoms with van der Waals surface area (Å²) in [6.45, 7) is 0. The van der Waals surface area contributed by atoms with E-state index in [0.29, 0.717) is 0 Å². The predicted octanol–water partition coefficient (Wildman–Crippen LogP) is 8.02. The van der Waals surface area contributed by atoms with Gasteiger partial charge in [-0.2, -0.15) is 0 Å². The molecule has 3 aromatic carbocycles. The molecule has 0 bridgehead atoms. The zero-order valence-corrected chi connectivity index (χ0v) is 22.4. The normalized spacial score (nSPS) is 14.9. The van der Waals surface area contributed by atoms with Gasteiger partial charge in [-0.1, -0.05) is 66.8 Å². The molecular formula is C35H26N6. The number of rotatable bonds is 3. The highest BCUT2D eigenvalue weighted by atomic mass is 15.4. The van der Waals surface area contributed by atoms with Crippen molar-refractivity contribution in [1.29, 1.82) is 0 Å². The number of para-hydroxylation sites is 1. The second-order valence-corrected chi connectivity index (χ2v) is 10.8. The quantitative estimate of drug-likeness (QED) is 0.232. The minimum absolute atomic E-state index is 0.774. The summed E-state index contributed by atoms with van der Waals surface area (Å²) in [7, 11) is 0. The van der Waals surface area contributed by atoms with E-state index in [1.54, 1.807) is 0 Å². The lowest BCUT2D eigenvalue weighted by molar-refractivity contribution is 0.846. The maximum atomic E-state index is 4.96. The number of allylic oxidation sites excluding steroid dienone is 5. The van der Waals surface area contributed by atoms with Crippen LogP contribution in [0.1, 0.15) is 30.5 Å². The third-order valence-electron chi connectivity index (χ3n) is 8.58. The van der Waals surface area contributed by atoms with Crippen molar-refractivity contribution < 1.29 is 0 Å². The highest BCUT2D eigenvalue weighted by molar-refractivity contribution is 6.19. The van der Waals surface area contributed by atoms with Crippen molar-refractivity contribution in [3.05, 3.63) is 115 Å². The van der Waals surface area contributed by atoms with Gasteiger partial charge in [0.1, 0.15) is 0 Å². The topological polar surface area (TPSA) is 53.5 Å². The molecular weight excluding hydrogens is 504 g/mol. The molecule has 0 amide bonds. The number of fused-ring (bicyclic) bond motifs is 8. The van der Waals surface area contributed by atoms with E-state index in [-0.39, 0.29) is 0 Å². The number of nitrogens with zero attached hydrogens (tertiary/aromatic N) is 6. The Bertz CT molecular complexity index is 2270. The molecule has 0 saturated carbocycles. The SMILES string of the molecule is C1=CCCC(n2c(-n3c4c(c5ccccc53)CCC=C4)nnc2-n2c3cccnc3c3c4ccccc4ccc32)=C1. The average Bonchev–Trinajstić information content (AvgIpc) is 3.71. The fourth-order valence-corrected chi connectivity index (χ4v) is 6.80. The van der Waals surface area contributed by atoms with Crippen LogP contribution in [-0.2, 0) is 6.42 Å². The van der Waals surface area contributed by atoms with Crippen LogP contribution < -0.4 is 0 Å². The molecule has 2 aliphatic carbocycles. The Morgan fingerprint density at radius 3 is 2.34 bits per heavy atom. The van der Waals surface area contributed by atoms with Crippen LogP contribution in [0.4, 0.5) is 0 Å². The summed E-state index contributed by atoms with van der Waals surface area (Å²) in [6, 6.07) is 25.7. The average molecular weight is 531 g/mol. The van der Waals surface area contributed by atoms with Crippen LogP contribution in [0.25, 0.3) is 67.3 Å². The molecule has 2 aliphatic rings. The van der Waals surface area contributed by atoms with Crippen LogP contribution in [0.3, 0.4) is 0 Å². The smallest absolute Gasteiger partial charge is 0.242 e. The minimum Gasteiger partial charge on any atom is -0.278 e. The van der Waals surface area contributed by atoms with Crippen LogP contribution in [0.2, 0.25) is 0 Å². The molecule has 0 fully saturated rings. The molecule has 196 valence electrons. The largest absolute Gasteiger partial charge is 0.278 e. The van der Waals surface area contributed by atoms with E-state index in [9.17, 15) is 0 Å². The number of pyridine rings is 1. The first-order valence-corrected chi connectivity index (χ1v) is 14.3.